The van der Waals surface area contributed by atoms with E-state index >= 15 is 0 Å². The number of aryl methyl sites for hydroxylation is 1. The summed E-state index contributed by atoms with van der Waals surface area (Å²) in [6.45, 7) is 4.39. The maximum atomic E-state index is 9.74. The summed E-state index contributed by atoms with van der Waals surface area (Å²) in [4.78, 5) is 0. The van der Waals surface area contributed by atoms with Gasteiger partial charge in [0, 0.05) is 5.56 Å². The molecule has 3 heteroatoms. The lowest BCUT2D eigenvalue weighted by atomic mass is 10.1. The molecule has 0 aliphatic heterocycles. The van der Waals surface area contributed by atoms with Gasteiger partial charge in [-0.3, -0.25) is 0 Å². The number of aliphatic hydroxyl groups excluding tert-OH is 1. The predicted molar refractivity (Wildman–Crippen MR) is 78.5 cm³/mol. The van der Waals surface area contributed by atoms with Crippen molar-refractivity contribution in [1.82, 2.24) is 0 Å². The minimum absolute atomic E-state index is 0.164. The molecule has 2 aromatic carbocycles. The van der Waals surface area contributed by atoms with Gasteiger partial charge >= 0.3 is 0 Å². The third-order valence-electron chi connectivity index (χ3n) is 3.02. The molecule has 3 nitrogen and oxygen atoms in total. The second kappa shape index (κ2) is 7.08. The van der Waals surface area contributed by atoms with Crippen LogP contribution in [-0.2, 0) is 11.3 Å². The van der Waals surface area contributed by atoms with Crippen LogP contribution in [0.1, 0.15) is 29.7 Å². The van der Waals surface area contributed by atoms with E-state index in [9.17, 15) is 5.11 Å². The molecule has 0 spiro atoms. The number of ether oxygens (including phenoxy) is 2. The van der Waals surface area contributed by atoms with E-state index in [0.717, 1.165) is 16.7 Å². The van der Waals surface area contributed by atoms with Crippen LogP contribution in [0.15, 0.2) is 48.5 Å². The molecule has 1 atom stereocenters. The third kappa shape index (κ3) is 4.08. The smallest absolute Gasteiger partial charge is 0.189 e. The minimum Gasteiger partial charge on any atom is -0.467 e. The van der Waals surface area contributed by atoms with Gasteiger partial charge in [-0.2, -0.15) is 0 Å². The molecule has 0 heterocycles. The Morgan fingerprint density at radius 3 is 2.55 bits per heavy atom. The standard InChI is InChI=1S/C17H20O3/c1-13-8-9-17(16(10-13)14(2)18)20-12-19-11-15-6-4-3-5-7-15/h3-10,14,18H,11-12H2,1-2H3/t14-/m0/s1. The normalized spacial score (nSPS) is 12.2. The van der Waals surface area contributed by atoms with Gasteiger partial charge in [-0.05, 0) is 31.5 Å². The monoisotopic (exact) mass is 272 g/mol. The highest BCUT2D eigenvalue weighted by Crippen LogP contribution is 2.26. The minimum atomic E-state index is -0.556. The van der Waals surface area contributed by atoms with Crippen LogP contribution < -0.4 is 4.74 Å². The molecule has 0 bridgehead atoms. The summed E-state index contributed by atoms with van der Waals surface area (Å²) in [7, 11) is 0. The van der Waals surface area contributed by atoms with E-state index < -0.39 is 6.10 Å². The molecule has 0 aliphatic carbocycles. The van der Waals surface area contributed by atoms with Crippen molar-refractivity contribution in [1.29, 1.82) is 0 Å². The first-order valence-corrected chi connectivity index (χ1v) is 6.70. The topological polar surface area (TPSA) is 38.7 Å². The summed E-state index contributed by atoms with van der Waals surface area (Å²) in [5.41, 5.74) is 2.99. The lowest BCUT2D eigenvalue weighted by molar-refractivity contribution is 0.00341. The number of hydrogen-bond donors (Lipinski definition) is 1. The first-order chi connectivity index (χ1) is 9.66. The van der Waals surface area contributed by atoms with E-state index in [1.54, 1.807) is 6.92 Å². The average Bonchev–Trinajstić information content (AvgIpc) is 2.45. The fourth-order valence-corrected chi connectivity index (χ4v) is 1.96. The molecule has 20 heavy (non-hydrogen) atoms. The van der Waals surface area contributed by atoms with Gasteiger partial charge in [0.2, 0.25) is 0 Å². The summed E-state index contributed by atoms with van der Waals surface area (Å²) in [6.07, 6.45) is -0.556. The van der Waals surface area contributed by atoms with Gasteiger partial charge in [0.05, 0.1) is 12.7 Å². The summed E-state index contributed by atoms with van der Waals surface area (Å²) in [6, 6.07) is 15.7. The zero-order chi connectivity index (χ0) is 14.4. The first kappa shape index (κ1) is 14.6. The highest BCUT2D eigenvalue weighted by atomic mass is 16.7. The first-order valence-electron chi connectivity index (χ1n) is 6.70. The van der Waals surface area contributed by atoms with Crippen LogP contribution in [0, 0.1) is 6.92 Å². The lowest BCUT2D eigenvalue weighted by Crippen LogP contribution is -2.06. The van der Waals surface area contributed by atoms with Gasteiger partial charge in [-0.15, -0.1) is 0 Å². The zero-order valence-corrected chi connectivity index (χ0v) is 11.9. The number of rotatable bonds is 6. The Morgan fingerprint density at radius 2 is 1.85 bits per heavy atom. The molecular formula is C17H20O3. The van der Waals surface area contributed by atoms with E-state index in [4.69, 9.17) is 9.47 Å². The van der Waals surface area contributed by atoms with Crippen molar-refractivity contribution in [3.63, 3.8) is 0 Å². The van der Waals surface area contributed by atoms with Crippen molar-refractivity contribution in [3.8, 4) is 5.75 Å². The quantitative estimate of drug-likeness (QED) is 0.645. The Labute approximate surface area is 119 Å². The Morgan fingerprint density at radius 1 is 1.10 bits per heavy atom. The molecule has 1 N–H and O–H groups in total. The van der Waals surface area contributed by atoms with Gasteiger partial charge < -0.3 is 14.6 Å². The van der Waals surface area contributed by atoms with Gasteiger partial charge in [-0.25, -0.2) is 0 Å². The van der Waals surface area contributed by atoms with Crippen LogP contribution >= 0.6 is 0 Å². The summed E-state index contributed by atoms with van der Waals surface area (Å²) in [5, 5.41) is 9.74. The second-order valence-corrected chi connectivity index (χ2v) is 4.81. The van der Waals surface area contributed by atoms with E-state index in [-0.39, 0.29) is 6.79 Å². The molecule has 0 fully saturated rings. The van der Waals surface area contributed by atoms with Crippen molar-refractivity contribution in [2.24, 2.45) is 0 Å². The van der Waals surface area contributed by atoms with Gasteiger partial charge in [0.1, 0.15) is 5.75 Å². The Balaban J connectivity index is 1.88. The Hall–Kier alpha value is -1.84. The SMILES string of the molecule is Cc1ccc(OCOCc2ccccc2)c([C@H](C)O)c1. The summed E-state index contributed by atoms with van der Waals surface area (Å²) >= 11 is 0. The van der Waals surface area contributed by atoms with E-state index in [2.05, 4.69) is 0 Å². The Kier molecular flexibility index (Phi) is 5.16. The van der Waals surface area contributed by atoms with Crippen LogP contribution in [0.5, 0.6) is 5.75 Å². The fraction of sp³-hybridized carbons (Fsp3) is 0.294. The molecule has 106 valence electrons. The highest BCUT2D eigenvalue weighted by molar-refractivity contribution is 5.38. The molecule has 0 radical (unpaired) electrons. The van der Waals surface area contributed by atoms with Crippen molar-refractivity contribution in [2.75, 3.05) is 6.79 Å². The van der Waals surface area contributed by atoms with Crippen molar-refractivity contribution in [2.45, 2.75) is 26.6 Å². The molecule has 0 aromatic heterocycles. The molecule has 0 unspecified atom stereocenters. The highest BCUT2D eigenvalue weighted by Gasteiger charge is 2.09. The van der Waals surface area contributed by atoms with Crippen LogP contribution in [0.25, 0.3) is 0 Å². The van der Waals surface area contributed by atoms with Gasteiger partial charge in [-0.1, -0.05) is 42.0 Å². The summed E-state index contributed by atoms with van der Waals surface area (Å²) in [5.74, 6) is 0.665. The average molecular weight is 272 g/mol. The van der Waals surface area contributed by atoms with Gasteiger partial charge in [0.15, 0.2) is 6.79 Å². The number of aliphatic hydroxyl groups is 1. The van der Waals surface area contributed by atoms with Crippen LogP contribution in [0.2, 0.25) is 0 Å². The molecule has 0 saturated heterocycles. The summed E-state index contributed by atoms with van der Waals surface area (Å²) < 4.78 is 11.1. The lowest BCUT2D eigenvalue weighted by Gasteiger charge is -2.14. The van der Waals surface area contributed by atoms with Crippen molar-refractivity contribution in [3.05, 3.63) is 65.2 Å². The maximum Gasteiger partial charge on any atom is 0.189 e. The maximum absolute atomic E-state index is 9.74. The van der Waals surface area contributed by atoms with E-state index in [0.29, 0.717) is 12.4 Å². The van der Waals surface area contributed by atoms with Gasteiger partial charge in [0.25, 0.3) is 0 Å². The van der Waals surface area contributed by atoms with Crippen LogP contribution in [0.4, 0.5) is 0 Å². The third-order valence-corrected chi connectivity index (χ3v) is 3.02. The van der Waals surface area contributed by atoms with Crippen molar-refractivity contribution < 1.29 is 14.6 Å². The molecular weight excluding hydrogens is 252 g/mol. The van der Waals surface area contributed by atoms with E-state index in [1.165, 1.54) is 0 Å². The fourth-order valence-electron chi connectivity index (χ4n) is 1.96. The largest absolute Gasteiger partial charge is 0.467 e. The van der Waals surface area contributed by atoms with E-state index in [1.807, 2.05) is 55.5 Å². The van der Waals surface area contributed by atoms with Crippen molar-refractivity contribution >= 4 is 0 Å². The molecule has 2 rings (SSSR count). The number of benzene rings is 2. The molecule has 0 aliphatic rings. The molecule has 0 saturated carbocycles. The predicted octanol–water partition coefficient (Wildman–Crippen LogP) is 3.60. The number of hydrogen-bond acceptors (Lipinski definition) is 3. The Bertz CT molecular complexity index is 535. The van der Waals surface area contributed by atoms with Crippen LogP contribution in [-0.4, -0.2) is 11.9 Å². The second-order valence-electron chi connectivity index (χ2n) is 4.81. The molecule has 2 aromatic rings. The van der Waals surface area contributed by atoms with Crippen LogP contribution in [0.3, 0.4) is 0 Å². The molecule has 0 amide bonds. The zero-order valence-electron chi connectivity index (χ0n) is 11.9.